The first kappa shape index (κ1) is 14.5. The third-order valence-electron chi connectivity index (χ3n) is 2.34. The Morgan fingerprint density at radius 2 is 1.58 bits per heavy atom. The molecule has 0 heterocycles. The number of rotatable bonds is 2. The van der Waals surface area contributed by atoms with E-state index < -0.39 is 5.97 Å². The van der Waals surface area contributed by atoms with Crippen molar-refractivity contribution in [2.45, 2.75) is 0 Å². The molecule has 0 bridgehead atoms. The van der Waals surface area contributed by atoms with Crippen LogP contribution in [0.3, 0.4) is 0 Å². The van der Waals surface area contributed by atoms with Crippen LogP contribution in [-0.4, -0.2) is 18.2 Å². The number of methoxy groups -OCH3 is 1. The van der Waals surface area contributed by atoms with Crippen molar-refractivity contribution < 1.29 is 14.6 Å². The van der Waals surface area contributed by atoms with E-state index in [2.05, 4.69) is 11.3 Å². The summed E-state index contributed by atoms with van der Waals surface area (Å²) >= 11 is 0. The molecule has 0 spiro atoms. The molecule has 0 saturated heterocycles. The van der Waals surface area contributed by atoms with Crippen LogP contribution in [0.15, 0.2) is 67.3 Å². The third-order valence-corrected chi connectivity index (χ3v) is 2.34. The lowest BCUT2D eigenvalue weighted by atomic mass is 10.1. The fourth-order valence-corrected chi connectivity index (χ4v) is 1.37. The molecule has 2 aromatic carbocycles. The Morgan fingerprint density at radius 3 is 2.00 bits per heavy atom. The van der Waals surface area contributed by atoms with Crippen LogP contribution in [0.5, 0.6) is 5.75 Å². The summed E-state index contributed by atoms with van der Waals surface area (Å²) < 4.78 is 4.14. The van der Waals surface area contributed by atoms with Crippen LogP contribution in [-0.2, 0) is 9.53 Å². The summed E-state index contributed by atoms with van der Waals surface area (Å²) in [6, 6.07) is 17.3. The maximum absolute atomic E-state index is 9.84. The molecule has 1 N–H and O–H groups in total. The number of esters is 1. The van der Waals surface area contributed by atoms with E-state index in [1.807, 2.05) is 42.5 Å². The molecule has 0 aliphatic heterocycles. The van der Waals surface area contributed by atoms with Crippen LogP contribution in [0.25, 0.3) is 11.1 Å². The number of ether oxygens (including phenoxy) is 1. The number of phenolic OH excluding ortho intramolecular Hbond substituents is 1. The van der Waals surface area contributed by atoms with Gasteiger partial charge in [-0.25, -0.2) is 4.79 Å². The first-order chi connectivity index (χ1) is 9.17. The second-order valence-electron chi connectivity index (χ2n) is 3.64. The monoisotopic (exact) mass is 256 g/mol. The van der Waals surface area contributed by atoms with Gasteiger partial charge in [-0.3, -0.25) is 0 Å². The van der Waals surface area contributed by atoms with E-state index >= 15 is 0 Å². The molecule has 98 valence electrons. The van der Waals surface area contributed by atoms with Gasteiger partial charge in [-0.1, -0.05) is 49.0 Å². The number of hydrogen-bond donors (Lipinski definition) is 1. The highest BCUT2D eigenvalue weighted by atomic mass is 16.5. The second kappa shape index (κ2) is 7.71. The molecule has 0 aliphatic rings. The molecule has 0 aliphatic carbocycles. The first-order valence-electron chi connectivity index (χ1n) is 5.72. The molecule has 0 unspecified atom stereocenters. The Kier molecular flexibility index (Phi) is 5.89. The van der Waals surface area contributed by atoms with Crippen LogP contribution in [0, 0.1) is 0 Å². The minimum absolute atomic E-state index is 0.305. The van der Waals surface area contributed by atoms with Gasteiger partial charge in [0.25, 0.3) is 0 Å². The first-order valence-corrected chi connectivity index (χ1v) is 5.72. The highest BCUT2D eigenvalue weighted by Crippen LogP contribution is 2.20. The van der Waals surface area contributed by atoms with Gasteiger partial charge in [-0.15, -0.1) is 0 Å². The van der Waals surface area contributed by atoms with E-state index in [0.29, 0.717) is 5.75 Å². The third kappa shape index (κ3) is 5.08. The number of carbonyl (C=O) groups is 1. The highest BCUT2D eigenvalue weighted by Gasteiger charge is 1.94. The lowest BCUT2D eigenvalue weighted by Gasteiger charge is -2.00. The lowest BCUT2D eigenvalue weighted by Crippen LogP contribution is -1.91. The average molecular weight is 256 g/mol. The van der Waals surface area contributed by atoms with Gasteiger partial charge in [0, 0.05) is 6.08 Å². The van der Waals surface area contributed by atoms with Gasteiger partial charge in [0.2, 0.25) is 0 Å². The largest absolute Gasteiger partial charge is 0.508 e. The van der Waals surface area contributed by atoms with Gasteiger partial charge in [0.05, 0.1) is 7.11 Å². The van der Waals surface area contributed by atoms with Crippen molar-refractivity contribution in [2.75, 3.05) is 7.11 Å². The zero-order valence-electron chi connectivity index (χ0n) is 10.7. The molecule has 19 heavy (non-hydrogen) atoms. The molecule has 2 aromatic rings. The molecule has 0 aromatic heterocycles. The normalized spacial score (nSPS) is 8.89. The Labute approximate surface area is 112 Å². The van der Waals surface area contributed by atoms with Crippen molar-refractivity contribution in [2.24, 2.45) is 0 Å². The summed E-state index contributed by atoms with van der Waals surface area (Å²) in [6.07, 6.45) is 1.11. The minimum Gasteiger partial charge on any atom is -0.508 e. The van der Waals surface area contributed by atoms with Crippen LogP contribution in [0.4, 0.5) is 0 Å². The topological polar surface area (TPSA) is 46.5 Å². The van der Waals surface area contributed by atoms with E-state index in [1.54, 1.807) is 12.1 Å². The summed E-state index contributed by atoms with van der Waals surface area (Å²) in [5, 5.41) is 9.10. The van der Waals surface area contributed by atoms with Crippen molar-refractivity contribution in [1.29, 1.82) is 0 Å². The molecular formula is C16H16O3. The van der Waals surface area contributed by atoms with E-state index in [1.165, 1.54) is 12.7 Å². The van der Waals surface area contributed by atoms with E-state index in [9.17, 15) is 4.79 Å². The van der Waals surface area contributed by atoms with Gasteiger partial charge < -0.3 is 9.84 Å². The summed E-state index contributed by atoms with van der Waals surface area (Å²) in [5.74, 6) is -0.0883. The van der Waals surface area contributed by atoms with Crippen LogP contribution in [0.2, 0.25) is 0 Å². The van der Waals surface area contributed by atoms with E-state index in [4.69, 9.17) is 5.11 Å². The van der Waals surface area contributed by atoms with Crippen LogP contribution >= 0.6 is 0 Å². The molecule has 2 rings (SSSR count). The molecule has 0 amide bonds. The maximum atomic E-state index is 9.84. The van der Waals surface area contributed by atoms with Gasteiger partial charge >= 0.3 is 5.97 Å². The van der Waals surface area contributed by atoms with Gasteiger partial charge in [-0.2, -0.15) is 0 Å². The Balaban J connectivity index is 0.000000258. The predicted octanol–water partition coefficient (Wildman–Crippen LogP) is 3.40. The van der Waals surface area contributed by atoms with Crippen LogP contribution < -0.4 is 0 Å². The molecule has 0 fully saturated rings. The fourth-order valence-electron chi connectivity index (χ4n) is 1.37. The molecule has 0 radical (unpaired) electrons. The molecule has 0 atom stereocenters. The van der Waals surface area contributed by atoms with Crippen molar-refractivity contribution in [1.82, 2.24) is 0 Å². The summed E-state index contributed by atoms with van der Waals surface area (Å²) in [4.78, 5) is 9.84. The predicted molar refractivity (Wildman–Crippen MR) is 75.8 cm³/mol. The zero-order chi connectivity index (χ0) is 14.1. The number of aromatic hydroxyl groups is 1. The van der Waals surface area contributed by atoms with Crippen molar-refractivity contribution in [3.05, 3.63) is 67.3 Å². The second-order valence-corrected chi connectivity index (χ2v) is 3.64. The number of carbonyl (C=O) groups excluding carboxylic acids is 1. The quantitative estimate of drug-likeness (QED) is 0.661. The standard InChI is InChI=1S/C12H10O.C4H6O2/c13-12-8-6-11(7-9-12)10-4-2-1-3-5-10;1-3-4(5)6-2/h1-9,13H;3H,1H2,2H3. The van der Waals surface area contributed by atoms with E-state index in [0.717, 1.165) is 11.6 Å². The maximum Gasteiger partial charge on any atom is 0.329 e. The highest BCUT2D eigenvalue weighted by molar-refractivity contribution is 5.80. The molecule has 3 nitrogen and oxygen atoms in total. The summed E-state index contributed by atoms with van der Waals surface area (Å²) in [5.41, 5.74) is 2.29. The fraction of sp³-hybridized carbons (Fsp3) is 0.0625. The van der Waals surface area contributed by atoms with Crippen molar-refractivity contribution >= 4 is 5.97 Å². The van der Waals surface area contributed by atoms with Gasteiger partial charge in [-0.05, 0) is 23.3 Å². The summed E-state index contributed by atoms with van der Waals surface area (Å²) in [6.45, 7) is 3.16. The SMILES string of the molecule is C=CC(=O)OC.Oc1ccc(-c2ccccc2)cc1. The molecule has 0 saturated carbocycles. The van der Waals surface area contributed by atoms with Crippen LogP contribution in [0.1, 0.15) is 0 Å². The average Bonchev–Trinajstić information content (AvgIpc) is 2.48. The summed E-state index contributed by atoms with van der Waals surface area (Å²) in [7, 11) is 1.31. The number of benzene rings is 2. The Bertz CT molecular complexity index is 515. The lowest BCUT2D eigenvalue weighted by molar-refractivity contribution is -0.134. The van der Waals surface area contributed by atoms with Crippen molar-refractivity contribution in [3.8, 4) is 16.9 Å². The minimum atomic E-state index is -0.394. The van der Waals surface area contributed by atoms with Crippen molar-refractivity contribution in [3.63, 3.8) is 0 Å². The van der Waals surface area contributed by atoms with Gasteiger partial charge in [0.15, 0.2) is 0 Å². The Hall–Kier alpha value is -2.55. The number of phenols is 1. The zero-order valence-corrected chi connectivity index (χ0v) is 10.7. The molecular weight excluding hydrogens is 240 g/mol. The Morgan fingerprint density at radius 1 is 1.05 bits per heavy atom. The number of hydrogen-bond acceptors (Lipinski definition) is 3. The smallest absolute Gasteiger partial charge is 0.329 e. The van der Waals surface area contributed by atoms with E-state index in [-0.39, 0.29) is 0 Å². The molecule has 3 heteroatoms. The van der Waals surface area contributed by atoms with Gasteiger partial charge in [0.1, 0.15) is 5.75 Å².